The summed E-state index contributed by atoms with van der Waals surface area (Å²) in [7, 11) is 0. The molecule has 0 aromatic heterocycles. The summed E-state index contributed by atoms with van der Waals surface area (Å²) in [5, 5.41) is 11.5. The van der Waals surface area contributed by atoms with E-state index >= 15 is 0 Å². The van der Waals surface area contributed by atoms with Crippen molar-refractivity contribution in [1.29, 1.82) is 0 Å². The van der Waals surface area contributed by atoms with Gasteiger partial charge in [-0.3, -0.25) is 4.79 Å². The van der Waals surface area contributed by atoms with E-state index in [4.69, 9.17) is 5.11 Å². The fourth-order valence-electron chi connectivity index (χ4n) is 1.88. The SMILES string of the molecule is CCCC1CN(C(C)CC(=O)O)C(=O)N1. The van der Waals surface area contributed by atoms with Gasteiger partial charge in [-0.25, -0.2) is 4.79 Å². The molecule has 1 rings (SSSR count). The second kappa shape index (κ2) is 5.00. The smallest absolute Gasteiger partial charge is 0.318 e. The van der Waals surface area contributed by atoms with E-state index in [1.807, 2.05) is 0 Å². The number of rotatable bonds is 5. The Morgan fingerprint density at radius 3 is 2.93 bits per heavy atom. The lowest BCUT2D eigenvalue weighted by atomic mass is 10.1. The molecule has 2 unspecified atom stereocenters. The number of carboxylic acids is 1. The highest BCUT2D eigenvalue weighted by atomic mass is 16.4. The zero-order valence-electron chi connectivity index (χ0n) is 9.19. The number of nitrogens with one attached hydrogen (secondary N) is 1. The molecule has 5 nitrogen and oxygen atoms in total. The van der Waals surface area contributed by atoms with Gasteiger partial charge in [0.15, 0.2) is 0 Å². The Morgan fingerprint density at radius 1 is 1.73 bits per heavy atom. The van der Waals surface area contributed by atoms with Crippen LogP contribution in [0.15, 0.2) is 0 Å². The molecule has 0 aromatic rings. The third-order valence-electron chi connectivity index (χ3n) is 2.64. The van der Waals surface area contributed by atoms with E-state index in [0.29, 0.717) is 6.54 Å². The fraction of sp³-hybridized carbons (Fsp3) is 0.800. The highest BCUT2D eigenvalue weighted by molar-refractivity contribution is 5.78. The fourth-order valence-corrected chi connectivity index (χ4v) is 1.88. The average Bonchev–Trinajstić information content (AvgIpc) is 2.46. The van der Waals surface area contributed by atoms with Crippen LogP contribution in [0.4, 0.5) is 4.79 Å². The summed E-state index contributed by atoms with van der Waals surface area (Å²) in [6.45, 7) is 4.46. The van der Waals surface area contributed by atoms with Gasteiger partial charge in [-0.2, -0.15) is 0 Å². The molecule has 1 heterocycles. The highest BCUT2D eigenvalue weighted by Gasteiger charge is 2.31. The summed E-state index contributed by atoms with van der Waals surface area (Å²) < 4.78 is 0. The van der Waals surface area contributed by atoms with E-state index in [2.05, 4.69) is 12.2 Å². The molecule has 5 heteroatoms. The molecule has 2 N–H and O–H groups in total. The standard InChI is InChI=1S/C10H18N2O3/c1-3-4-8-6-12(10(15)11-8)7(2)5-9(13)14/h7-8H,3-6H2,1-2H3,(H,11,15)(H,13,14). The number of hydrogen-bond donors (Lipinski definition) is 2. The second-order valence-electron chi connectivity index (χ2n) is 4.03. The minimum absolute atomic E-state index is 0.00622. The minimum Gasteiger partial charge on any atom is -0.481 e. The molecule has 2 atom stereocenters. The van der Waals surface area contributed by atoms with E-state index in [1.54, 1.807) is 11.8 Å². The maximum absolute atomic E-state index is 11.5. The Bertz CT molecular complexity index is 255. The molecule has 1 saturated heterocycles. The van der Waals surface area contributed by atoms with Crippen LogP contribution in [0.3, 0.4) is 0 Å². The summed E-state index contributed by atoms with van der Waals surface area (Å²) in [6, 6.07) is -0.190. The van der Waals surface area contributed by atoms with Gasteiger partial charge in [-0.05, 0) is 13.3 Å². The van der Waals surface area contributed by atoms with Gasteiger partial charge in [0.05, 0.1) is 6.42 Å². The number of carboxylic acid groups (broad SMARTS) is 1. The van der Waals surface area contributed by atoms with Crippen LogP contribution in [0, 0.1) is 0 Å². The van der Waals surface area contributed by atoms with E-state index in [0.717, 1.165) is 12.8 Å². The van der Waals surface area contributed by atoms with Gasteiger partial charge in [-0.15, -0.1) is 0 Å². The maximum Gasteiger partial charge on any atom is 0.318 e. The molecule has 0 saturated carbocycles. The van der Waals surface area contributed by atoms with Crippen molar-refractivity contribution in [2.75, 3.05) is 6.54 Å². The highest BCUT2D eigenvalue weighted by Crippen LogP contribution is 2.14. The van der Waals surface area contributed by atoms with E-state index in [1.165, 1.54) is 0 Å². The van der Waals surface area contributed by atoms with Crippen LogP contribution in [0.1, 0.15) is 33.1 Å². The van der Waals surface area contributed by atoms with Crippen LogP contribution in [0.5, 0.6) is 0 Å². The van der Waals surface area contributed by atoms with E-state index in [-0.39, 0.29) is 24.5 Å². The Kier molecular flexibility index (Phi) is 3.94. The van der Waals surface area contributed by atoms with Crippen molar-refractivity contribution in [2.24, 2.45) is 0 Å². The van der Waals surface area contributed by atoms with Crippen LogP contribution in [0.2, 0.25) is 0 Å². The molecule has 0 bridgehead atoms. The van der Waals surface area contributed by atoms with E-state index < -0.39 is 5.97 Å². The van der Waals surface area contributed by atoms with Crippen molar-refractivity contribution < 1.29 is 14.7 Å². The molecule has 0 spiro atoms. The summed E-state index contributed by atoms with van der Waals surface area (Å²) in [5.74, 6) is -0.866. The van der Waals surface area contributed by atoms with Crippen LogP contribution in [0.25, 0.3) is 0 Å². The topological polar surface area (TPSA) is 69.6 Å². The number of hydrogen-bond acceptors (Lipinski definition) is 2. The summed E-state index contributed by atoms with van der Waals surface area (Å²) in [5.41, 5.74) is 0. The predicted octanol–water partition coefficient (Wildman–Crippen LogP) is 1.04. The number of urea groups is 1. The molecule has 1 aliphatic rings. The minimum atomic E-state index is -0.866. The first-order chi connectivity index (χ1) is 7.04. The Labute approximate surface area is 89.4 Å². The van der Waals surface area contributed by atoms with Gasteiger partial charge >= 0.3 is 12.0 Å². The monoisotopic (exact) mass is 214 g/mol. The zero-order valence-corrected chi connectivity index (χ0v) is 9.19. The van der Waals surface area contributed by atoms with E-state index in [9.17, 15) is 9.59 Å². The van der Waals surface area contributed by atoms with Gasteiger partial charge in [-0.1, -0.05) is 13.3 Å². The van der Waals surface area contributed by atoms with Crippen LogP contribution in [-0.2, 0) is 4.79 Å². The summed E-state index contributed by atoms with van der Waals surface area (Å²) in [6.07, 6.45) is 1.97. The number of amides is 2. The maximum atomic E-state index is 11.5. The van der Waals surface area contributed by atoms with Gasteiger partial charge < -0.3 is 15.3 Å². The van der Waals surface area contributed by atoms with Crippen LogP contribution in [-0.4, -0.2) is 40.6 Å². The van der Waals surface area contributed by atoms with Gasteiger partial charge in [0.2, 0.25) is 0 Å². The van der Waals surface area contributed by atoms with Crippen molar-refractivity contribution in [2.45, 2.75) is 45.2 Å². The van der Waals surface area contributed by atoms with Crippen molar-refractivity contribution in [3.8, 4) is 0 Å². The molecule has 1 fully saturated rings. The molecular weight excluding hydrogens is 196 g/mol. The molecule has 0 radical (unpaired) electrons. The molecule has 15 heavy (non-hydrogen) atoms. The third kappa shape index (κ3) is 3.11. The molecule has 0 aromatic carbocycles. The number of nitrogens with zero attached hydrogens (tertiary/aromatic N) is 1. The molecule has 0 aliphatic carbocycles. The zero-order chi connectivity index (χ0) is 11.4. The first-order valence-electron chi connectivity index (χ1n) is 5.33. The number of carbonyl (C=O) groups excluding carboxylic acids is 1. The quantitative estimate of drug-likeness (QED) is 0.718. The lowest BCUT2D eigenvalue weighted by Crippen LogP contribution is -2.37. The summed E-state index contributed by atoms with van der Waals surface area (Å²) in [4.78, 5) is 23.6. The van der Waals surface area contributed by atoms with Gasteiger partial charge in [0.1, 0.15) is 0 Å². The summed E-state index contributed by atoms with van der Waals surface area (Å²) >= 11 is 0. The lowest BCUT2D eigenvalue weighted by Gasteiger charge is -2.21. The van der Waals surface area contributed by atoms with Crippen LogP contribution >= 0.6 is 0 Å². The largest absolute Gasteiger partial charge is 0.481 e. The first kappa shape index (κ1) is 11.8. The van der Waals surface area contributed by atoms with Crippen molar-refractivity contribution in [1.82, 2.24) is 10.2 Å². The Hall–Kier alpha value is -1.26. The molecule has 1 aliphatic heterocycles. The second-order valence-corrected chi connectivity index (χ2v) is 4.03. The number of carbonyl (C=O) groups is 2. The predicted molar refractivity (Wildman–Crippen MR) is 55.6 cm³/mol. The molecule has 86 valence electrons. The Morgan fingerprint density at radius 2 is 2.40 bits per heavy atom. The third-order valence-corrected chi connectivity index (χ3v) is 2.64. The van der Waals surface area contributed by atoms with Crippen molar-refractivity contribution in [3.05, 3.63) is 0 Å². The molecular formula is C10H18N2O3. The Balaban J connectivity index is 2.49. The van der Waals surface area contributed by atoms with Gasteiger partial charge in [0.25, 0.3) is 0 Å². The van der Waals surface area contributed by atoms with Crippen molar-refractivity contribution in [3.63, 3.8) is 0 Å². The lowest BCUT2D eigenvalue weighted by molar-refractivity contribution is -0.137. The van der Waals surface area contributed by atoms with Crippen molar-refractivity contribution >= 4 is 12.0 Å². The average molecular weight is 214 g/mol. The van der Waals surface area contributed by atoms with Crippen LogP contribution < -0.4 is 5.32 Å². The normalized spacial score (nSPS) is 22.7. The first-order valence-corrected chi connectivity index (χ1v) is 5.33. The molecule has 2 amide bonds. The number of aliphatic carboxylic acids is 1. The van der Waals surface area contributed by atoms with Gasteiger partial charge in [0, 0.05) is 18.6 Å².